The Kier molecular flexibility index (Phi) is 4.08. The van der Waals surface area contributed by atoms with E-state index in [1.807, 2.05) is 35.2 Å². The van der Waals surface area contributed by atoms with Crippen LogP contribution in [0, 0.1) is 0 Å². The van der Waals surface area contributed by atoms with Crippen LogP contribution < -0.4 is 5.73 Å². The van der Waals surface area contributed by atoms with Crippen LogP contribution in [0.3, 0.4) is 0 Å². The van der Waals surface area contributed by atoms with Crippen molar-refractivity contribution in [1.29, 1.82) is 0 Å². The van der Waals surface area contributed by atoms with Gasteiger partial charge < -0.3 is 10.6 Å². The van der Waals surface area contributed by atoms with Crippen LogP contribution in [0.4, 0.5) is 0 Å². The third-order valence-corrected chi connectivity index (χ3v) is 5.17. The lowest BCUT2D eigenvalue weighted by Gasteiger charge is -2.35. The highest BCUT2D eigenvalue weighted by Gasteiger charge is 2.30. The molecule has 0 radical (unpaired) electrons. The molecule has 1 aliphatic heterocycles. The lowest BCUT2D eigenvalue weighted by molar-refractivity contribution is -0.135. The van der Waals surface area contributed by atoms with Crippen molar-refractivity contribution in [2.24, 2.45) is 5.73 Å². The number of benzene rings is 1. The monoisotopic (exact) mass is 300 g/mol. The van der Waals surface area contributed by atoms with Crippen molar-refractivity contribution in [3.05, 3.63) is 57.8 Å². The first-order valence-corrected chi connectivity index (χ1v) is 8.21. The second-order valence-corrected chi connectivity index (χ2v) is 6.55. The minimum atomic E-state index is -0.463. The van der Waals surface area contributed by atoms with Gasteiger partial charge in [-0.05, 0) is 42.3 Å². The first-order valence-electron chi connectivity index (χ1n) is 7.33. The first-order chi connectivity index (χ1) is 10.2. The molecule has 2 N–H and O–H groups in total. The molecule has 4 heteroatoms. The van der Waals surface area contributed by atoms with E-state index in [0.717, 1.165) is 18.5 Å². The summed E-state index contributed by atoms with van der Waals surface area (Å²) in [5.41, 5.74) is 8.54. The third-order valence-electron chi connectivity index (χ3n) is 4.18. The van der Waals surface area contributed by atoms with Crippen LogP contribution in [0.2, 0.25) is 0 Å². The molecule has 2 heterocycles. The smallest absolute Gasteiger partial charge is 0.240 e. The quantitative estimate of drug-likeness (QED) is 0.947. The molecule has 1 aromatic carbocycles. The summed E-state index contributed by atoms with van der Waals surface area (Å²) in [4.78, 5) is 16.0. The van der Waals surface area contributed by atoms with Crippen molar-refractivity contribution in [1.82, 2.24) is 4.90 Å². The fourth-order valence-electron chi connectivity index (χ4n) is 2.98. The van der Waals surface area contributed by atoms with Gasteiger partial charge in [-0.2, -0.15) is 0 Å². The number of nitrogens with two attached hydrogens (primary N) is 1. The molecule has 3 rings (SSSR count). The molecule has 1 unspecified atom stereocenters. The van der Waals surface area contributed by atoms with Crippen molar-refractivity contribution in [2.45, 2.75) is 31.8 Å². The van der Waals surface area contributed by atoms with E-state index in [9.17, 15) is 4.79 Å². The average molecular weight is 300 g/mol. The van der Waals surface area contributed by atoms with Gasteiger partial charge in [-0.3, -0.25) is 4.79 Å². The number of amides is 1. The normalized spacial score (nSPS) is 19.1. The van der Waals surface area contributed by atoms with Crippen molar-refractivity contribution >= 4 is 17.2 Å². The summed E-state index contributed by atoms with van der Waals surface area (Å²) in [6.45, 7) is 2.87. The summed E-state index contributed by atoms with van der Waals surface area (Å²) in [5.74, 6) is 0.0585. The molecule has 21 heavy (non-hydrogen) atoms. The van der Waals surface area contributed by atoms with Gasteiger partial charge in [-0.1, -0.05) is 30.3 Å². The van der Waals surface area contributed by atoms with Crippen molar-refractivity contribution in [3.8, 4) is 0 Å². The Morgan fingerprint density at radius 2 is 2.14 bits per heavy atom. The van der Waals surface area contributed by atoms with Gasteiger partial charge in [0.05, 0.1) is 12.1 Å². The van der Waals surface area contributed by atoms with Gasteiger partial charge in [0.2, 0.25) is 5.91 Å². The maximum absolute atomic E-state index is 12.6. The fourth-order valence-corrected chi connectivity index (χ4v) is 3.94. The maximum Gasteiger partial charge on any atom is 0.240 e. The number of fused-ring (bicyclic) bond motifs is 1. The molecular formula is C17H20N2OS. The number of carbonyl (C=O) groups excluding carboxylic acids is 1. The summed E-state index contributed by atoms with van der Waals surface area (Å²) >= 11 is 1.78. The predicted molar refractivity (Wildman–Crippen MR) is 86.3 cm³/mol. The highest BCUT2D eigenvalue weighted by molar-refractivity contribution is 7.10. The van der Waals surface area contributed by atoms with Crippen LogP contribution in [0.5, 0.6) is 0 Å². The topological polar surface area (TPSA) is 46.3 Å². The lowest BCUT2D eigenvalue weighted by atomic mass is 9.99. The summed E-state index contributed by atoms with van der Waals surface area (Å²) in [6.07, 6.45) is 1.54. The maximum atomic E-state index is 12.6. The van der Waals surface area contributed by atoms with Gasteiger partial charge in [0, 0.05) is 11.4 Å². The number of hydrogen-bond acceptors (Lipinski definition) is 3. The zero-order valence-corrected chi connectivity index (χ0v) is 13.0. The van der Waals surface area contributed by atoms with Gasteiger partial charge in [-0.25, -0.2) is 0 Å². The molecule has 110 valence electrons. The summed E-state index contributed by atoms with van der Waals surface area (Å²) in [7, 11) is 0. The highest BCUT2D eigenvalue weighted by Crippen LogP contribution is 2.33. The van der Waals surface area contributed by atoms with Crippen molar-refractivity contribution < 1.29 is 4.79 Å². The fraction of sp³-hybridized carbons (Fsp3) is 0.353. The molecule has 0 bridgehead atoms. The summed E-state index contributed by atoms with van der Waals surface area (Å²) in [6, 6.07) is 11.8. The van der Waals surface area contributed by atoms with Crippen LogP contribution >= 0.6 is 11.3 Å². The van der Waals surface area contributed by atoms with Gasteiger partial charge in [0.1, 0.15) is 0 Å². The highest BCUT2D eigenvalue weighted by atomic mass is 32.1. The van der Waals surface area contributed by atoms with Crippen molar-refractivity contribution in [3.63, 3.8) is 0 Å². The molecular weight excluding hydrogens is 280 g/mol. The minimum Gasteiger partial charge on any atom is -0.334 e. The molecule has 3 nitrogen and oxygen atoms in total. The zero-order chi connectivity index (χ0) is 14.8. The molecule has 0 aliphatic carbocycles. The van der Waals surface area contributed by atoms with Gasteiger partial charge in [-0.15, -0.1) is 11.3 Å². The number of rotatable bonds is 3. The second-order valence-electron chi connectivity index (χ2n) is 5.55. The Hall–Kier alpha value is -1.65. The Labute approximate surface area is 129 Å². The number of hydrogen-bond donors (Lipinski definition) is 1. The molecule has 0 fully saturated rings. The van der Waals surface area contributed by atoms with Crippen molar-refractivity contribution in [2.75, 3.05) is 6.54 Å². The molecule has 1 amide bonds. The molecule has 1 aliphatic rings. The van der Waals surface area contributed by atoms with Crippen LogP contribution in [-0.2, 0) is 17.6 Å². The molecule has 2 atom stereocenters. The van der Waals surface area contributed by atoms with E-state index in [2.05, 4.69) is 18.4 Å². The SMILES string of the molecule is CC1c2ccsc2CCN1C(=O)[C@@H](N)Cc1ccccc1. The van der Waals surface area contributed by atoms with E-state index in [4.69, 9.17) is 5.73 Å². The van der Waals surface area contributed by atoms with Gasteiger partial charge in [0.25, 0.3) is 0 Å². The molecule has 0 spiro atoms. The molecule has 2 aromatic rings. The van der Waals surface area contributed by atoms with Crippen LogP contribution in [-0.4, -0.2) is 23.4 Å². The Balaban J connectivity index is 1.71. The van der Waals surface area contributed by atoms with E-state index in [1.54, 1.807) is 11.3 Å². The van der Waals surface area contributed by atoms with E-state index in [0.29, 0.717) is 6.42 Å². The van der Waals surface area contributed by atoms with E-state index in [-0.39, 0.29) is 11.9 Å². The predicted octanol–water partition coefficient (Wildman–Crippen LogP) is 2.76. The van der Waals surface area contributed by atoms with Gasteiger partial charge in [0.15, 0.2) is 0 Å². The lowest BCUT2D eigenvalue weighted by Crippen LogP contribution is -2.48. The Morgan fingerprint density at radius 1 is 1.38 bits per heavy atom. The third kappa shape index (κ3) is 2.87. The number of thiophene rings is 1. The molecule has 0 saturated carbocycles. The first kappa shape index (κ1) is 14.3. The number of carbonyl (C=O) groups is 1. The van der Waals surface area contributed by atoms with Crippen LogP contribution in [0.1, 0.15) is 29.0 Å². The summed E-state index contributed by atoms with van der Waals surface area (Å²) in [5, 5.41) is 2.11. The molecule has 1 aromatic heterocycles. The number of nitrogens with zero attached hydrogens (tertiary/aromatic N) is 1. The second kappa shape index (κ2) is 6.00. The van der Waals surface area contributed by atoms with Crippen LogP contribution in [0.25, 0.3) is 0 Å². The Morgan fingerprint density at radius 3 is 2.90 bits per heavy atom. The van der Waals surface area contributed by atoms with Crippen LogP contribution in [0.15, 0.2) is 41.8 Å². The Bertz CT molecular complexity index is 623. The largest absolute Gasteiger partial charge is 0.334 e. The standard InChI is InChI=1S/C17H20N2OS/c1-12-14-8-10-21-16(14)7-9-19(12)17(20)15(18)11-13-5-3-2-4-6-13/h2-6,8,10,12,15H,7,9,11,18H2,1H3/t12?,15-/m0/s1. The van der Waals surface area contributed by atoms with E-state index < -0.39 is 6.04 Å². The average Bonchev–Trinajstić information content (AvgIpc) is 2.97. The zero-order valence-electron chi connectivity index (χ0n) is 12.2. The van der Waals surface area contributed by atoms with E-state index >= 15 is 0 Å². The van der Waals surface area contributed by atoms with E-state index in [1.165, 1.54) is 10.4 Å². The molecule has 0 saturated heterocycles. The van der Waals surface area contributed by atoms with Gasteiger partial charge >= 0.3 is 0 Å². The minimum absolute atomic E-state index is 0.0585. The summed E-state index contributed by atoms with van der Waals surface area (Å²) < 4.78 is 0.